The molecule has 1 atom stereocenters. The van der Waals surface area contributed by atoms with Gasteiger partial charge in [0.2, 0.25) is 11.5 Å². The van der Waals surface area contributed by atoms with Crippen LogP contribution in [0.15, 0.2) is 36.1 Å². The first-order chi connectivity index (χ1) is 16.9. The number of hydrogen-bond donors (Lipinski definition) is 1. The van der Waals surface area contributed by atoms with Crippen molar-refractivity contribution >= 4 is 23.7 Å². The zero-order valence-corrected chi connectivity index (χ0v) is 19.5. The second-order valence-corrected chi connectivity index (χ2v) is 7.89. The third-order valence-corrected chi connectivity index (χ3v) is 5.88. The summed E-state index contributed by atoms with van der Waals surface area (Å²) in [5, 5.41) is 9.26. The number of fused-ring (bicyclic) bond motifs is 1. The average Bonchev–Trinajstić information content (AvgIpc) is 3.47. The van der Waals surface area contributed by atoms with Gasteiger partial charge < -0.3 is 33.7 Å². The highest BCUT2D eigenvalue weighted by molar-refractivity contribution is 6.14. The van der Waals surface area contributed by atoms with Crippen LogP contribution < -0.4 is 23.7 Å². The predicted octanol–water partition coefficient (Wildman–Crippen LogP) is 2.78. The maximum absolute atomic E-state index is 12.9. The Morgan fingerprint density at radius 3 is 2.57 bits per heavy atom. The molecule has 10 heteroatoms. The maximum atomic E-state index is 12.9. The molecule has 4 rings (SSSR count). The van der Waals surface area contributed by atoms with Gasteiger partial charge in [-0.25, -0.2) is 4.79 Å². The Balaban J connectivity index is 1.50. The summed E-state index contributed by atoms with van der Waals surface area (Å²) in [6.45, 7) is 0.0662. The van der Waals surface area contributed by atoms with Gasteiger partial charge in [-0.05, 0) is 43.2 Å². The summed E-state index contributed by atoms with van der Waals surface area (Å²) in [6, 6.07) is 7.22. The lowest BCUT2D eigenvalue weighted by molar-refractivity contribution is -0.148. The first-order valence-electron chi connectivity index (χ1n) is 10.9. The Morgan fingerprint density at radius 2 is 1.89 bits per heavy atom. The fourth-order valence-corrected chi connectivity index (χ4v) is 4.19. The minimum Gasteiger partial charge on any atom is -0.493 e. The van der Waals surface area contributed by atoms with E-state index in [-0.39, 0.29) is 23.9 Å². The monoisotopic (exact) mass is 483 g/mol. The minimum absolute atomic E-state index is 0.0834. The molecule has 0 aromatic heterocycles. The van der Waals surface area contributed by atoms with Crippen LogP contribution in [0.4, 0.5) is 0 Å². The molecule has 2 aromatic carbocycles. The number of carbonyl (C=O) groups excluding carboxylic acids is 2. The van der Waals surface area contributed by atoms with E-state index in [1.54, 1.807) is 30.3 Å². The van der Waals surface area contributed by atoms with Crippen LogP contribution in [0.5, 0.6) is 28.7 Å². The van der Waals surface area contributed by atoms with E-state index in [0.29, 0.717) is 53.5 Å². The molecule has 1 amide bonds. The number of Topliss-reactive ketones (excluding diaryl/α,β-unsaturated/α-hetero) is 1. The molecule has 10 nitrogen and oxygen atoms in total. The molecule has 0 spiro atoms. The first-order valence-corrected chi connectivity index (χ1v) is 10.9. The zero-order chi connectivity index (χ0) is 25.1. The van der Waals surface area contributed by atoms with Gasteiger partial charge in [0.25, 0.3) is 5.91 Å². The lowest BCUT2D eigenvalue weighted by Crippen LogP contribution is -2.42. The van der Waals surface area contributed by atoms with Crippen molar-refractivity contribution in [3.8, 4) is 28.7 Å². The van der Waals surface area contributed by atoms with E-state index in [9.17, 15) is 19.5 Å². The van der Waals surface area contributed by atoms with Crippen LogP contribution in [0.1, 0.15) is 28.8 Å². The number of ether oxygens (including phenoxy) is 5. The van der Waals surface area contributed by atoms with Gasteiger partial charge in [0.15, 0.2) is 23.9 Å². The first kappa shape index (κ1) is 23.9. The van der Waals surface area contributed by atoms with E-state index >= 15 is 0 Å². The average molecular weight is 483 g/mol. The number of aliphatic carboxylic acids is 1. The second-order valence-electron chi connectivity index (χ2n) is 7.89. The summed E-state index contributed by atoms with van der Waals surface area (Å²) in [5.41, 5.74) is 0.904. The number of carboxylic acids is 1. The van der Waals surface area contributed by atoms with Crippen molar-refractivity contribution in [3.05, 3.63) is 47.2 Å². The topological polar surface area (TPSA) is 121 Å². The number of likely N-dealkylation sites (tertiary alicyclic amines) is 1. The van der Waals surface area contributed by atoms with Crippen molar-refractivity contribution in [2.45, 2.75) is 18.9 Å². The quantitative estimate of drug-likeness (QED) is 0.565. The lowest BCUT2D eigenvalue weighted by atomic mass is 10.1. The summed E-state index contributed by atoms with van der Waals surface area (Å²) in [6.07, 6.45) is 2.61. The molecule has 1 N–H and O–H groups in total. The van der Waals surface area contributed by atoms with Crippen molar-refractivity contribution < 1.29 is 43.2 Å². The molecular formula is C25H25NO9. The molecule has 0 bridgehead atoms. The molecule has 184 valence electrons. The van der Waals surface area contributed by atoms with Crippen LogP contribution in [-0.4, -0.2) is 68.2 Å². The van der Waals surface area contributed by atoms with Gasteiger partial charge in [0.1, 0.15) is 17.5 Å². The van der Waals surface area contributed by atoms with Crippen LogP contribution in [0.25, 0.3) is 6.08 Å². The molecule has 1 saturated heterocycles. The van der Waals surface area contributed by atoms with Gasteiger partial charge in [-0.1, -0.05) is 0 Å². The van der Waals surface area contributed by atoms with Crippen LogP contribution in [0, 0.1) is 0 Å². The lowest BCUT2D eigenvalue weighted by Gasteiger charge is -2.21. The molecule has 2 aromatic rings. The number of hydrogen-bond acceptors (Lipinski definition) is 8. The fraction of sp³-hybridized carbons (Fsp3) is 0.320. The molecule has 0 unspecified atom stereocenters. The molecule has 2 aliphatic heterocycles. The normalized spacial score (nSPS) is 17.7. The SMILES string of the molecule is COc1ccc(/C=C2\Oc3cc(OCC(=O)N4CCC[C@H]4C(=O)O)ccc3C2=O)c(OC)c1OC. The summed E-state index contributed by atoms with van der Waals surface area (Å²) in [4.78, 5) is 37.9. The highest BCUT2D eigenvalue weighted by Crippen LogP contribution is 2.42. The Bertz CT molecular complexity index is 1200. The number of methoxy groups -OCH3 is 3. The zero-order valence-electron chi connectivity index (χ0n) is 19.5. The fourth-order valence-electron chi connectivity index (χ4n) is 4.19. The van der Waals surface area contributed by atoms with Crippen LogP contribution >= 0.6 is 0 Å². The van der Waals surface area contributed by atoms with Crippen molar-refractivity contribution in [3.63, 3.8) is 0 Å². The van der Waals surface area contributed by atoms with Crippen LogP contribution in [0.3, 0.4) is 0 Å². The van der Waals surface area contributed by atoms with Crippen molar-refractivity contribution in [1.29, 1.82) is 0 Å². The van der Waals surface area contributed by atoms with Gasteiger partial charge in [-0.2, -0.15) is 0 Å². The molecule has 0 saturated carbocycles. The standard InChI is InChI=1S/C25H25NO9/c1-31-18-9-6-14(23(32-2)24(18)33-3)11-20-22(28)16-8-7-15(12-19(16)35-20)34-13-21(27)26-10-4-5-17(26)25(29)30/h6-9,11-12,17H,4-5,10,13H2,1-3H3,(H,29,30)/b20-11-/t17-/m0/s1. The summed E-state index contributed by atoms with van der Waals surface area (Å²) in [5.74, 6) is 0.191. The number of allylic oxidation sites excluding steroid dienone is 1. The third kappa shape index (κ3) is 4.59. The summed E-state index contributed by atoms with van der Waals surface area (Å²) < 4.78 is 27.5. The van der Waals surface area contributed by atoms with Gasteiger partial charge in [-0.3, -0.25) is 9.59 Å². The number of carboxylic acid groups (broad SMARTS) is 1. The molecule has 1 fully saturated rings. The van der Waals surface area contributed by atoms with Crippen molar-refractivity contribution in [2.75, 3.05) is 34.5 Å². The molecular weight excluding hydrogens is 458 g/mol. The highest BCUT2D eigenvalue weighted by atomic mass is 16.5. The molecule has 35 heavy (non-hydrogen) atoms. The van der Waals surface area contributed by atoms with E-state index < -0.39 is 17.9 Å². The van der Waals surface area contributed by atoms with E-state index in [4.69, 9.17) is 23.7 Å². The van der Waals surface area contributed by atoms with Gasteiger partial charge in [0, 0.05) is 18.2 Å². The maximum Gasteiger partial charge on any atom is 0.326 e. The Labute approximate surface area is 201 Å². The minimum atomic E-state index is -1.02. The molecule has 0 radical (unpaired) electrons. The molecule has 2 aliphatic rings. The van der Waals surface area contributed by atoms with Crippen LogP contribution in [0.2, 0.25) is 0 Å². The summed E-state index contributed by atoms with van der Waals surface area (Å²) >= 11 is 0. The number of amides is 1. The predicted molar refractivity (Wildman–Crippen MR) is 123 cm³/mol. The van der Waals surface area contributed by atoms with E-state index in [2.05, 4.69) is 0 Å². The number of carbonyl (C=O) groups is 3. The van der Waals surface area contributed by atoms with E-state index in [1.165, 1.54) is 32.3 Å². The van der Waals surface area contributed by atoms with E-state index in [1.807, 2.05) is 0 Å². The van der Waals surface area contributed by atoms with Gasteiger partial charge >= 0.3 is 5.97 Å². The Morgan fingerprint density at radius 1 is 1.11 bits per heavy atom. The molecule has 2 heterocycles. The van der Waals surface area contributed by atoms with Gasteiger partial charge in [0.05, 0.1) is 26.9 Å². The van der Waals surface area contributed by atoms with Crippen molar-refractivity contribution in [2.24, 2.45) is 0 Å². The van der Waals surface area contributed by atoms with Gasteiger partial charge in [-0.15, -0.1) is 0 Å². The van der Waals surface area contributed by atoms with Crippen molar-refractivity contribution in [1.82, 2.24) is 4.90 Å². The second kappa shape index (κ2) is 9.96. The number of ketones is 1. The number of rotatable bonds is 8. The van der Waals surface area contributed by atoms with Crippen LogP contribution in [-0.2, 0) is 9.59 Å². The number of nitrogens with zero attached hydrogens (tertiary/aromatic N) is 1. The third-order valence-electron chi connectivity index (χ3n) is 5.88. The highest BCUT2D eigenvalue weighted by Gasteiger charge is 2.34. The summed E-state index contributed by atoms with van der Waals surface area (Å²) in [7, 11) is 4.48. The Hall–Kier alpha value is -4.21. The Kier molecular flexibility index (Phi) is 6.81. The van der Waals surface area contributed by atoms with E-state index in [0.717, 1.165) is 0 Å². The number of benzene rings is 2. The largest absolute Gasteiger partial charge is 0.493 e. The molecule has 0 aliphatic carbocycles. The smallest absolute Gasteiger partial charge is 0.326 e.